The number of rotatable bonds is 5. The lowest BCUT2D eigenvalue weighted by atomic mass is 9.98. The van der Waals surface area contributed by atoms with Crippen LogP contribution in [0, 0.1) is 5.82 Å². The van der Waals surface area contributed by atoms with Crippen LogP contribution in [0.15, 0.2) is 67.4 Å². The van der Waals surface area contributed by atoms with Gasteiger partial charge in [-0.05, 0) is 36.4 Å². The van der Waals surface area contributed by atoms with Crippen LogP contribution in [0.4, 0.5) is 10.1 Å². The lowest BCUT2D eigenvalue weighted by Crippen LogP contribution is -2.36. The summed E-state index contributed by atoms with van der Waals surface area (Å²) in [5.41, 5.74) is 4.03. The number of hydrogen-bond acceptors (Lipinski definition) is 7. The number of fused-ring (bicyclic) bond motifs is 2. The molecule has 0 saturated carbocycles. The molecule has 2 aromatic carbocycles. The van der Waals surface area contributed by atoms with Crippen molar-refractivity contribution in [2.45, 2.75) is 6.10 Å². The van der Waals surface area contributed by atoms with Gasteiger partial charge >= 0.3 is 0 Å². The lowest BCUT2D eigenvalue weighted by Gasteiger charge is -2.29. The molecule has 1 aliphatic rings. The quantitative estimate of drug-likeness (QED) is 0.403. The van der Waals surface area contributed by atoms with Gasteiger partial charge in [0.15, 0.2) is 0 Å². The van der Waals surface area contributed by atoms with Gasteiger partial charge in [0.25, 0.3) is 0 Å². The van der Waals surface area contributed by atoms with E-state index in [0.29, 0.717) is 41.1 Å². The largest absolute Gasteiger partial charge is 0.496 e. The molecule has 4 heterocycles. The van der Waals surface area contributed by atoms with E-state index in [-0.39, 0.29) is 11.3 Å². The Morgan fingerprint density at radius 2 is 1.92 bits per heavy atom. The minimum Gasteiger partial charge on any atom is -0.496 e. The number of methoxy groups -OCH3 is 1. The first-order chi connectivity index (χ1) is 17.6. The third-order valence-corrected chi connectivity index (χ3v) is 6.61. The van der Waals surface area contributed by atoms with E-state index in [1.54, 1.807) is 18.5 Å². The highest BCUT2D eigenvalue weighted by molar-refractivity contribution is 5.94. The topological polar surface area (TPSA) is 85.0 Å². The van der Waals surface area contributed by atoms with Crippen molar-refractivity contribution < 1.29 is 19.0 Å². The van der Waals surface area contributed by atoms with E-state index in [1.165, 1.54) is 19.5 Å². The molecule has 0 aliphatic carbocycles. The van der Waals surface area contributed by atoms with E-state index in [1.807, 2.05) is 40.9 Å². The second kappa shape index (κ2) is 9.18. The Hall–Kier alpha value is -4.08. The van der Waals surface area contributed by atoms with Gasteiger partial charge in [-0.25, -0.2) is 14.4 Å². The first kappa shape index (κ1) is 22.4. The molecule has 1 unspecified atom stereocenters. The number of ether oxygens (including phenoxy) is 2. The summed E-state index contributed by atoms with van der Waals surface area (Å²) in [6.07, 6.45) is 5.59. The SMILES string of the molecule is COc1cc(F)c(-c2ncnc3cc(N4CCOCC4)ccc23)cc1C(O)c1nccn2cccc12. The van der Waals surface area contributed by atoms with Gasteiger partial charge < -0.3 is 23.9 Å². The van der Waals surface area contributed by atoms with Crippen LogP contribution in [0.5, 0.6) is 5.75 Å². The highest BCUT2D eigenvalue weighted by atomic mass is 19.1. The lowest BCUT2D eigenvalue weighted by molar-refractivity contribution is 0.122. The summed E-state index contributed by atoms with van der Waals surface area (Å²) in [6.45, 7) is 2.97. The highest BCUT2D eigenvalue weighted by Gasteiger charge is 2.24. The monoisotopic (exact) mass is 485 g/mol. The molecule has 5 aromatic rings. The van der Waals surface area contributed by atoms with Gasteiger partial charge in [-0.2, -0.15) is 0 Å². The molecule has 1 aliphatic heterocycles. The van der Waals surface area contributed by atoms with E-state index in [0.717, 1.165) is 24.3 Å². The summed E-state index contributed by atoms with van der Waals surface area (Å²) in [5, 5.41) is 12.1. The van der Waals surface area contributed by atoms with Crippen LogP contribution >= 0.6 is 0 Å². The summed E-state index contributed by atoms with van der Waals surface area (Å²) < 4.78 is 28.2. The number of anilines is 1. The summed E-state index contributed by atoms with van der Waals surface area (Å²) >= 11 is 0. The van der Waals surface area contributed by atoms with Gasteiger partial charge in [-0.1, -0.05) is 0 Å². The molecule has 9 heteroatoms. The van der Waals surface area contributed by atoms with Crippen molar-refractivity contribution >= 4 is 22.1 Å². The molecule has 1 fully saturated rings. The molecule has 0 amide bonds. The third-order valence-electron chi connectivity index (χ3n) is 6.61. The van der Waals surface area contributed by atoms with Gasteiger partial charge in [0.05, 0.1) is 42.7 Å². The molecule has 0 bridgehead atoms. The van der Waals surface area contributed by atoms with Crippen molar-refractivity contribution in [1.29, 1.82) is 0 Å². The highest BCUT2D eigenvalue weighted by Crippen LogP contribution is 2.38. The number of hydrogen-bond donors (Lipinski definition) is 1. The molecule has 36 heavy (non-hydrogen) atoms. The maximum absolute atomic E-state index is 15.4. The van der Waals surface area contributed by atoms with Gasteiger partial charge in [0.2, 0.25) is 0 Å². The number of aliphatic hydroxyl groups excluding tert-OH is 1. The zero-order valence-corrected chi connectivity index (χ0v) is 19.6. The summed E-state index contributed by atoms with van der Waals surface area (Å²) in [6, 6.07) is 12.5. The normalized spacial score (nSPS) is 14.9. The average molecular weight is 486 g/mol. The van der Waals surface area contributed by atoms with Gasteiger partial charge in [-0.15, -0.1) is 0 Å². The Balaban J connectivity index is 1.46. The molecule has 6 rings (SSSR count). The van der Waals surface area contributed by atoms with Crippen molar-refractivity contribution in [3.8, 4) is 17.0 Å². The molecular weight excluding hydrogens is 461 g/mol. The maximum Gasteiger partial charge on any atom is 0.136 e. The molecule has 1 atom stereocenters. The fraction of sp³-hybridized carbons (Fsp3) is 0.222. The Bertz CT molecular complexity index is 1560. The number of benzene rings is 2. The molecule has 182 valence electrons. The molecule has 1 saturated heterocycles. The summed E-state index contributed by atoms with van der Waals surface area (Å²) in [5.74, 6) is -0.277. The van der Waals surface area contributed by atoms with Crippen LogP contribution in [0.3, 0.4) is 0 Å². The second-order valence-corrected chi connectivity index (χ2v) is 8.61. The van der Waals surface area contributed by atoms with Crippen molar-refractivity contribution in [2.24, 2.45) is 0 Å². The third kappa shape index (κ3) is 3.82. The molecule has 3 aromatic heterocycles. The smallest absolute Gasteiger partial charge is 0.136 e. The fourth-order valence-electron chi connectivity index (χ4n) is 4.77. The van der Waals surface area contributed by atoms with Crippen molar-refractivity contribution in [1.82, 2.24) is 19.4 Å². The molecule has 0 radical (unpaired) electrons. The fourth-order valence-corrected chi connectivity index (χ4v) is 4.77. The second-order valence-electron chi connectivity index (χ2n) is 8.61. The Kier molecular flexibility index (Phi) is 5.71. The number of morpholine rings is 1. The Labute approximate surface area is 206 Å². The van der Waals surface area contributed by atoms with Gasteiger partial charge in [-0.3, -0.25) is 4.98 Å². The number of nitrogens with zero attached hydrogens (tertiary/aromatic N) is 5. The zero-order chi connectivity index (χ0) is 24.6. The van der Waals surface area contributed by atoms with E-state index in [9.17, 15) is 5.11 Å². The van der Waals surface area contributed by atoms with Crippen LogP contribution in [0.25, 0.3) is 27.7 Å². The first-order valence-corrected chi connectivity index (χ1v) is 11.7. The van der Waals surface area contributed by atoms with Crippen molar-refractivity contribution in [3.05, 3.63) is 84.5 Å². The molecule has 0 spiro atoms. The van der Waals surface area contributed by atoms with Gasteiger partial charge in [0.1, 0.15) is 24.0 Å². The van der Waals surface area contributed by atoms with E-state index in [2.05, 4.69) is 19.9 Å². The van der Waals surface area contributed by atoms with E-state index >= 15 is 4.39 Å². The Morgan fingerprint density at radius 1 is 1.06 bits per heavy atom. The predicted octanol–water partition coefficient (Wildman–Crippen LogP) is 4.01. The van der Waals surface area contributed by atoms with Crippen molar-refractivity contribution in [3.63, 3.8) is 0 Å². The van der Waals surface area contributed by atoms with Crippen LogP contribution in [0.1, 0.15) is 17.4 Å². The average Bonchev–Trinajstić information content (AvgIpc) is 3.42. The van der Waals surface area contributed by atoms with Crippen molar-refractivity contribution in [2.75, 3.05) is 38.3 Å². The number of halogens is 1. The van der Waals surface area contributed by atoms with Crippen LogP contribution in [0.2, 0.25) is 0 Å². The summed E-state index contributed by atoms with van der Waals surface area (Å²) in [7, 11) is 1.45. The predicted molar refractivity (Wildman–Crippen MR) is 134 cm³/mol. The molecule has 1 N–H and O–H groups in total. The standard InChI is InChI=1S/C27H24FN5O3/c1-35-24-15-21(28)19(14-20(24)27(34)26-23-3-2-7-33(23)8-6-29-26)25-18-5-4-17(13-22(18)30-16-31-25)32-9-11-36-12-10-32/h2-8,13-16,27,34H,9-12H2,1H3. The molecular formula is C27H24FN5O3. The minimum atomic E-state index is -1.14. The zero-order valence-electron chi connectivity index (χ0n) is 19.6. The molecule has 8 nitrogen and oxygen atoms in total. The van der Waals surface area contributed by atoms with E-state index < -0.39 is 11.9 Å². The van der Waals surface area contributed by atoms with Gasteiger partial charge in [0, 0.05) is 59.9 Å². The maximum atomic E-state index is 15.4. The number of aromatic nitrogens is 4. The van der Waals surface area contributed by atoms with Crippen LogP contribution in [-0.2, 0) is 4.74 Å². The van der Waals surface area contributed by atoms with Crippen LogP contribution in [-0.4, -0.2) is 57.9 Å². The summed E-state index contributed by atoms with van der Waals surface area (Å²) in [4.78, 5) is 15.5. The van der Waals surface area contributed by atoms with Crippen LogP contribution < -0.4 is 9.64 Å². The number of aliphatic hydroxyl groups is 1. The first-order valence-electron chi connectivity index (χ1n) is 11.7. The Morgan fingerprint density at radius 3 is 2.75 bits per heavy atom. The van der Waals surface area contributed by atoms with E-state index in [4.69, 9.17) is 9.47 Å². The minimum absolute atomic E-state index is 0.229.